The SMILES string of the molecule is C#Cc1[nH]c(=O)c(C)cc1C1OC(CC(C)(CC)OP(=O)(O)C(C)(O)CC)C(O)C1F. The van der Waals surface area contributed by atoms with E-state index in [9.17, 15) is 24.5 Å². The van der Waals surface area contributed by atoms with Crippen LogP contribution < -0.4 is 5.56 Å². The molecule has 0 radical (unpaired) electrons. The van der Waals surface area contributed by atoms with Crippen molar-refractivity contribution < 1.29 is 33.3 Å². The second-order valence-electron chi connectivity index (χ2n) is 8.48. The Hall–Kier alpha value is -1.53. The van der Waals surface area contributed by atoms with Gasteiger partial charge in [0.25, 0.3) is 5.56 Å². The minimum atomic E-state index is -4.47. The van der Waals surface area contributed by atoms with Crippen LogP contribution in [0.3, 0.4) is 0 Å². The first-order chi connectivity index (χ1) is 14.2. The number of alkyl halides is 1. The molecule has 1 saturated heterocycles. The van der Waals surface area contributed by atoms with Crippen LogP contribution in [0.1, 0.15) is 69.9 Å². The first-order valence-corrected chi connectivity index (χ1v) is 11.7. The molecule has 0 spiro atoms. The molecular formula is C21H31FNO7P. The first-order valence-electron chi connectivity index (χ1n) is 10.2. The monoisotopic (exact) mass is 459 g/mol. The Morgan fingerprint density at radius 1 is 1.39 bits per heavy atom. The molecule has 2 heterocycles. The van der Waals surface area contributed by atoms with Crippen LogP contribution in [-0.4, -0.2) is 49.4 Å². The Bertz CT molecular complexity index is 956. The highest BCUT2D eigenvalue weighted by Crippen LogP contribution is 2.59. The maximum absolute atomic E-state index is 15.0. The molecule has 31 heavy (non-hydrogen) atoms. The molecule has 7 unspecified atom stereocenters. The number of nitrogens with one attached hydrogen (secondary N) is 1. The van der Waals surface area contributed by atoms with E-state index in [2.05, 4.69) is 10.9 Å². The zero-order valence-electron chi connectivity index (χ0n) is 18.4. The highest BCUT2D eigenvalue weighted by Gasteiger charge is 2.51. The summed E-state index contributed by atoms with van der Waals surface area (Å²) in [7, 11) is -4.47. The number of H-pyrrole nitrogens is 1. The third-order valence-electron chi connectivity index (χ3n) is 6.03. The molecule has 0 saturated carbocycles. The number of aryl methyl sites for hydroxylation is 1. The van der Waals surface area contributed by atoms with Gasteiger partial charge in [0.1, 0.15) is 12.2 Å². The van der Waals surface area contributed by atoms with Crippen molar-refractivity contribution in [3.8, 4) is 12.3 Å². The highest BCUT2D eigenvalue weighted by atomic mass is 31.2. The van der Waals surface area contributed by atoms with E-state index in [-0.39, 0.29) is 30.5 Å². The quantitative estimate of drug-likeness (QED) is 0.347. The second-order valence-corrected chi connectivity index (χ2v) is 10.7. The third-order valence-corrected chi connectivity index (χ3v) is 8.25. The Labute approximate surface area is 181 Å². The van der Waals surface area contributed by atoms with Crippen molar-refractivity contribution in [2.75, 3.05) is 0 Å². The predicted octanol–water partition coefficient (Wildman–Crippen LogP) is 2.68. The summed E-state index contributed by atoms with van der Waals surface area (Å²) in [5.41, 5.74) is -1.10. The fraction of sp³-hybridized carbons (Fsp3) is 0.667. The van der Waals surface area contributed by atoms with Gasteiger partial charge in [0.05, 0.1) is 17.4 Å². The van der Waals surface area contributed by atoms with Crippen molar-refractivity contribution in [2.24, 2.45) is 0 Å². The average Bonchev–Trinajstić information content (AvgIpc) is 2.97. The van der Waals surface area contributed by atoms with Gasteiger partial charge >= 0.3 is 7.60 Å². The summed E-state index contributed by atoms with van der Waals surface area (Å²) in [5.74, 6) is 2.30. The fourth-order valence-corrected chi connectivity index (χ4v) is 4.81. The number of terminal acetylenes is 1. The summed E-state index contributed by atoms with van der Waals surface area (Å²) in [6.45, 7) is 7.54. The number of aliphatic hydroxyl groups is 2. The average molecular weight is 459 g/mol. The molecule has 1 aliphatic heterocycles. The lowest BCUT2D eigenvalue weighted by Gasteiger charge is -2.37. The van der Waals surface area contributed by atoms with Gasteiger partial charge in [0, 0.05) is 17.5 Å². The zero-order valence-corrected chi connectivity index (χ0v) is 19.3. The summed E-state index contributed by atoms with van der Waals surface area (Å²) in [6, 6.07) is 1.43. The molecule has 0 amide bonds. The van der Waals surface area contributed by atoms with Crippen LogP contribution in [0.25, 0.3) is 0 Å². The van der Waals surface area contributed by atoms with Gasteiger partial charge in [0.2, 0.25) is 0 Å². The number of rotatable bonds is 8. The summed E-state index contributed by atoms with van der Waals surface area (Å²) in [6.07, 6.45) is -0.163. The van der Waals surface area contributed by atoms with Gasteiger partial charge < -0.3 is 29.4 Å². The van der Waals surface area contributed by atoms with E-state index in [4.69, 9.17) is 15.7 Å². The minimum Gasteiger partial charge on any atom is -0.387 e. The van der Waals surface area contributed by atoms with Crippen LogP contribution in [0.15, 0.2) is 10.9 Å². The van der Waals surface area contributed by atoms with E-state index in [0.717, 1.165) is 0 Å². The molecule has 10 heteroatoms. The number of ether oxygens (including phenoxy) is 1. The van der Waals surface area contributed by atoms with Gasteiger partial charge in [0.15, 0.2) is 11.5 Å². The summed E-state index contributed by atoms with van der Waals surface area (Å²) < 4.78 is 38.9. The van der Waals surface area contributed by atoms with Gasteiger partial charge in [-0.15, -0.1) is 6.42 Å². The molecule has 7 atom stereocenters. The van der Waals surface area contributed by atoms with E-state index in [1.807, 2.05) is 0 Å². The zero-order chi connectivity index (χ0) is 23.8. The Kier molecular flexibility index (Phi) is 7.59. The van der Waals surface area contributed by atoms with Crippen molar-refractivity contribution >= 4 is 7.60 Å². The lowest BCUT2D eigenvalue weighted by atomic mass is 9.92. The van der Waals surface area contributed by atoms with E-state index in [0.29, 0.717) is 5.56 Å². The Morgan fingerprint density at radius 2 is 2.00 bits per heavy atom. The number of aliphatic hydroxyl groups excluding tert-OH is 1. The van der Waals surface area contributed by atoms with Crippen LogP contribution in [0.5, 0.6) is 0 Å². The lowest BCUT2D eigenvalue weighted by molar-refractivity contribution is -0.0531. The Balaban J connectivity index is 2.31. The minimum absolute atomic E-state index is 0.0157. The van der Waals surface area contributed by atoms with E-state index < -0.39 is 48.6 Å². The number of aromatic nitrogens is 1. The summed E-state index contributed by atoms with van der Waals surface area (Å²) in [5, 5.41) is 18.8. The standard InChI is InChI=1S/C21H31FNO7P/c1-7-14-13(10-12(4)19(25)23-14)18-16(22)17(24)15(29-18)11-20(5,8-2)30-31(27,28)21(6,26)9-3/h1,10,15-18,24,26H,8-9,11H2,2-6H3,(H,23,25)(H,27,28). The molecular weight excluding hydrogens is 428 g/mol. The van der Waals surface area contributed by atoms with Crippen LogP contribution in [0.4, 0.5) is 4.39 Å². The molecule has 1 aliphatic rings. The van der Waals surface area contributed by atoms with Gasteiger partial charge in [-0.3, -0.25) is 9.36 Å². The molecule has 174 valence electrons. The molecule has 0 aromatic carbocycles. The normalized spacial score (nSPS) is 29.5. The second kappa shape index (κ2) is 9.14. The predicted molar refractivity (Wildman–Crippen MR) is 113 cm³/mol. The van der Waals surface area contributed by atoms with Crippen LogP contribution in [0, 0.1) is 19.3 Å². The summed E-state index contributed by atoms with van der Waals surface area (Å²) in [4.78, 5) is 24.6. The van der Waals surface area contributed by atoms with Gasteiger partial charge in [-0.2, -0.15) is 0 Å². The number of pyridine rings is 1. The maximum atomic E-state index is 15.0. The molecule has 8 nitrogen and oxygen atoms in total. The van der Waals surface area contributed by atoms with Gasteiger partial charge in [-0.25, -0.2) is 4.39 Å². The molecule has 0 bridgehead atoms. The topological polar surface area (TPSA) is 129 Å². The van der Waals surface area contributed by atoms with Crippen molar-refractivity contribution in [3.63, 3.8) is 0 Å². The summed E-state index contributed by atoms with van der Waals surface area (Å²) >= 11 is 0. The number of hydrogen-bond acceptors (Lipinski definition) is 6. The van der Waals surface area contributed by atoms with Crippen molar-refractivity contribution in [1.82, 2.24) is 4.98 Å². The maximum Gasteiger partial charge on any atom is 0.359 e. The van der Waals surface area contributed by atoms with Crippen LogP contribution in [-0.2, 0) is 13.8 Å². The van der Waals surface area contributed by atoms with Gasteiger partial charge in [-0.1, -0.05) is 19.8 Å². The van der Waals surface area contributed by atoms with Gasteiger partial charge in [-0.05, 0) is 39.7 Å². The first kappa shape index (κ1) is 25.7. The number of aromatic amines is 1. The van der Waals surface area contributed by atoms with Crippen molar-refractivity contribution in [3.05, 3.63) is 33.2 Å². The van der Waals surface area contributed by atoms with E-state index in [1.54, 1.807) is 20.8 Å². The molecule has 1 aromatic rings. The van der Waals surface area contributed by atoms with Crippen LogP contribution >= 0.6 is 7.60 Å². The largest absolute Gasteiger partial charge is 0.387 e. The molecule has 2 rings (SSSR count). The molecule has 1 aromatic heterocycles. The highest BCUT2D eigenvalue weighted by molar-refractivity contribution is 7.54. The molecule has 1 fully saturated rings. The number of halogens is 1. The molecule has 0 aliphatic carbocycles. The smallest absolute Gasteiger partial charge is 0.359 e. The number of hydrogen-bond donors (Lipinski definition) is 4. The third kappa shape index (κ3) is 5.11. The van der Waals surface area contributed by atoms with E-state index >= 15 is 4.39 Å². The van der Waals surface area contributed by atoms with Crippen molar-refractivity contribution in [2.45, 2.75) is 89.3 Å². The van der Waals surface area contributed by atoms with E-state index in [1.165, 1.54) is 19.9 Å². The molecule has 4 N–H and O–H groups in total. The van der Waals surface area contributed by atoms with Crippen LogP contribution in [0.2, 0.25) is 0 Å². The Morgan fingerprint density at radius 3 is 2.52 bits per heavy atom. The fourth-order valence-electron chi connectivity index (χ4n) is 3.41. The lowest BCUT2D eigenvalue weighted by Crippen LogP contribution is -2.39. The van der Waals surface area contributed by atoms with Crippen molar-refractivity contribution in [1.29, 1.82) is 0 Å².